The molecule has 3 heterocycles. The highest BCUT2D eigenvalue weighted by Gasteiger charge is 2.54. The maximum atomic E-state index is 12.0. The van der Waals surface area contributed by atoms with Crippen LogP contribution < -0.4 is 5.32 Å². The Morgan fingerprint density at radius 2 is 1.47 bits per heavy atom. The number of nitrogens with one attached hydrogen (secondary N) is 1. The molecular weight excluding hydrogens is 478 g/mol. The van der Waals surface area contributed by atoms with E-state index in [2.05, 4.69) is 64.5 Å². The van der Waals surface area contributed by atoms with Crippen LogP contribution in [-0.2, 0) is 22.6 Å². The highest BCUT2D eigenvalue weighted by molar-refractivity contribution is 5.68. The minimum Gasteiger partial charge on any atom is -0.444 e. The SMILES string of the molecule is CC(C)(C)OC(=O)N[C@@H]1CN(Cc2ccccc2)CC[C@@]1(C)O.C[C@]12CCN(Cc3ccccc3)C[C@H]1O2. The first-order valence-electron chi connectivity index (χ1n) is 13.8. The molecule has 0 saturated carbocycles. The van der Waals surface area contributed by atoms with Gasteiger partial charge in [0.1, 0.15) is 5.60 Å². The molecular formula is C31H45N3O4. The molecule has 208 valence electrons. The molecule has 7 heteroatoms. The van der Waals surface area contributed by atoms with E-state index < -0.39 is 17.3 Å². The monoisotopic (exact) mass is 523 g/mol. The van der Waals surface area contributed by atoms with Crippen LogP contribution in [0.2, 0.25) is 0 Å². The fourth-order valence-electron chi connectivity index (χ4n) is 5.17. The first-order valence-corrected chi connectivity index (χ1v) is 13.8. The number of hydrogen-bond acceptors (Lipinski definition) is 6. The minimum absolute atomic E-state index is 0.229. The Balaban J connectivity index is 0.000000192. The zero-order valence-electron chi connectivity index (χ0n) is 23.7. The van der Waals surface area contributed by atoms with Crippen LogP contribution in [0.1, 0.15) is 58.6 Å². The Kier molecular flexibility index (Phi) is 8.82. The molecule has 3 saturated heterocycles. The number of hydrogen-bond donors (Lipinski definition) is 2. The Labute approximate surface area is 228 Å². The topological polar surface area (TPSA) is 77.6 Å². The fraction of sp³-hybridized carbons (Fsp3) is 0.581. The Morgan fingerprint density at radius 3 is 2.00 bits per heavy atom. The van der Waals surface area contributed by atoms with Crippen LogP contribution >= 0.6 is 0 Å². The summed E-state index contributed by atoms with van der Waals surface area (Å²) in [6.07, 6.45) is 1.81. The van der Waals surface area contributed by atoms with Gasteiger partial charge in [-0.2, -0.15) is 0 Å². The number of carbonyl (C=O) groups is 1. The molecule has 3 aliphatic heterocycles. The lowest BCUT2D eigenvalue weighted by molar-refractivity contribution is -0.0416. The van der Waals surface area contributed by atoms with Crippen LogP contribution in [0, 0.1) is 0 Å². The Hall–Kier alpha value is -2.45. The lowest BCUT2D eigenvalue weighted by atomic mass is 9.88. The maximum Gasteiger partial charge on any atom is 0.408 e. The van der Waals surface area contributed by atoms with Crippen molar-refractivity contribution in [2.24, 2.45) is 0 Å². The molecule has 38 heavy (non-hydrogen) atoms. The summed E-state index contributed by atoms with van der Waals surface area (Å²) in [5.41, 5.74) is 1.39. The third kappa shape index (κ3) is 8.27. The van der Waals surface area contributed by atoms with Crippen molar-refractivity contribution in [1.29, 1.82) is 0 Å². The third-order valence-corrected chi connectivity index (χ3v) is 7.70. The standard InChI is InChI=1S/C18H28N2O3.C13H17NO/c1-17(2,3)23-16(21)19-15-13-20(11-10-18(15,4)22)12-14-8-6-5-7-9-14;1-13-7-8-14(10-12(13)15-13)9-11-5-3-2-4-6-11/h5-9,15,22H,10-13H2,1-4H3,(H,19,21);2-6,12H,7-10H2,1H3/t15-,18-;12-,13+/m11/s1. The second-order valence-corrected chi connectivity index (χ2v) is 12.4. The molecule has 0 unspecified atom stereocenters. The van der Waals surface area contributed by atoms with Gasteiger partial charge in [-0.15, -0.1) is 0 Å². The molecule has 2 aromatic rings. The van der Waals surface area contributed by atoms with E-state index in [1.807, 2.05) is 39.0 Å². The number of ether oxygens (including phenoxy) is 2. The summed E-state index contributed by atoms with van der Waals surface area (Å²) in [5, 5.41) is 13.4. The van der Waals surface area contributed by atoms with E-state index in [0.717, 1.165) is 26.2 Å². The van der Waals surface area contributed by atoms with Crippen LogP contribution in [0.4, 0.5) is 4.79 Å². The van der Waals surface area contributed by atoms with E-state index >= 15 is 0 Å². The van der Waals surface area contributed by atoms with Crippen molar-refractivity contribution in [1.82, 2.24) is 15.1 Å². The summed E-state index contributed by atoms with van der Waals surface area (Å²) >= 11 is 0. The fourth-order valence-corrected chi connectivity index (χ4v) is 5.17. The van der Waals surface area contributed by atoms with Gasteiger partial charge in [-0.1, -0.05) is 60.7 Å². The smallest absolute Gasteiger partial charge is 0.408 e. The predicted octanol–water partition coefficient (Wildman–Crippen LogP) is 4.59. The lowest BCUT2D eigenvalue weighted by Crippen LogP contribution is -2.61. The van der Waals surface area contributed by atoms with Gasteiger partial charge in [0.25, 0.3) is 0 Å². The van der Waals surface area contributed by atoms with Crippen molar-refractivity contribution in [3.63, 3.8) is 0 Å². The molecule has 0 spiro atoms. The second-order valence-electron chi connectivity index (χ2n) is 12.4. The molecule has 1 amide bonds. The van der Waals surface area contributed by atoms with Gasteiger partial charge in [0, 0.05) is 39.3 Å². The van der Waals surface area contributed by atoms with Crippen LogP contribution in [0.25, 0.3) is 0 Å². The van der Waals surface area contributed by atoms with Crippen LogP contribution in [-0.4, -0.2) is 76.1 Å². The van der Waals surface area contributed by atoms with Crippen LogP contribution in [0.5, 0.6) is 0 Å². The molecule has 0 radical (unpaired) electrons. The number of carbonyl (C=O) groups excluding carboxylic acids is 1. The molecule has 3 fully saturated rings. The summed E-state index contributed by atoms with van der Waals surface area (Å²) in [5.74, 6) is 0. The van der Waals surface area contributed by atoms with Crippen LogP contribution in [0.15, 0.2) is 60.7 Å². The van der Waals surface area contributed by atoms with Gasteiger partial charge in [0.05, 0.1) is 23.3 Å². The summed E-state index contributed by atoms with van der Waals surface area (Å²) < 4.78 is 11.0. The van der Waals surface area contributed by atoms with Crippen molar-refractivity contribution in [2.75, 3.05) is 26.2 Å². The van der Waals surface area contributed by atoms with Gasteiger partial charge >= 0.3 is 6.09 Å². The average molecular weight is 524 g/mol. The number of likely N-dealkylation sites (tertiary alicyclic amines) is 2. The molecule has 0 bridgehead atoms. The van der Waals surface area contributed by atoms with Gasteiger partial charge in [0.2, 0.25) is 0 Å². The molecule has 0 aliphatic carbocycles. The first kappa shape index (κ1) is 28.6. The Bertz CT molecular complexity index is 1040. The van der Waals surface area contributed by atoms with Crippen molar-refractivity contribution in [3.8, 4) is 0 Å². The number of amides is 1. The molecule has 0 aromatic heterocycles. The molecule has 7 nitrogen and oxygen atoms in total. The number of nitrogens with zero attached hydrogens (tertiary/aromatic N) is 2. The van der Waals surface area contributed by atoms with Gasteiger partial charge in [0.15, 0.2) is 0 Å². The molecule has 2 aromatic carbocycles. The summed E-state index contributed by atoms with van der Waals surface area (Å²) in [6, 6.07) is 20.5. The average Bonchev–Trinajstić information content (AvgIpc) is 3.52. The van der Waals surface area contributed by atoms with Gasteiger partial charge in [-0.3, -0.25) is 9.80 Å². The van der Waals surface area contributed by atoms with Crippen LogP contribution in [0.3, 0.4) is 0 Å². The number of rotatable bonds is 5. The largest absolute Gasteiger partial charge is 0.444 e. The third-order valence-electron chi connectivity index (χ3n) is 7.70. The quantitative estimate of drug-likeness (QED) is 0.559. The van der Waals surface area contributed by atoms with Gasteiger partial charge in [-0.25, -0.2) is 4.79 Å². The zero-order valence-corrected chi connectivity index (χ0v) is 23.7. The van der Waals surface area contributed by atoms with Crippen molar-refractivity contribution >= 4 is 6.09 Å². The van der Waals surface area contributed by atoms with E-state index in [-0.39, 0.29) is 11.6 Å². The number of epoxide rings is 1. The van der Waals surface area contributed by atoms with E-state index in [4.69, 9.17) is 9.47 Å². The normalized spacial score (nSPS) is 29.4. The van der Waals surface area contributed by atoms with E-state index in [1.165, 1.54) is 24.1 Å². The highest BCUT2D eigenvalue weighted by atomic mass is 16.6. The van der Waals surface area contributed by atoms with E-state index in [0.29, 0.717) is 19.1 Å². The van der Waals surface area contributed by atoms with Crippen molar-refractivity contribution in [2.45, 2.75) is 89.5 Å². The minimum atomic E-state index is -0.926. The van der Waals surface area contributed by atoms with E-state index in [1.54, 1.807) is 6.92 Å². The molecule has 2 N–H and O–H groups in total. The number of aliphatic hydroxyl groups is 1. The summed E-state index contributed by atoms with van der Waals surface area (Å²) in [4.78, 5) is 16.8. The summed E-state index contributed by atoms with van der Waals surface area (Å²) in [6.45, 7) is 15.0. The van der Waals surface area contributed by atoms with Crippen molar-refractivity contribution in [3.05, 3.63) is 71.8 Å². The van der Waals surface area contributed by atoms with Crippen molar-refractivity contribution < 1.29 is 19.4 Å². The zero-order chi connectivity index (χ0) is 27.4. The summed E-state index contributed by atoms with van der Waals surface area (Å²) in [7, 11) is 0. The second kappa shape index (κ2) is 11.7. The number of fused-ring (bicyclic) bond motifs is 1. The number of piperidine rings is 2. The first-order chi connectivity index (χ1) is 17.9. The Morgan fingerprint density at radius 1 is 0.947 bits per heavy atom. The van der Waals surface area contributed by atoms with Gasteiger partial charge < -0.3 is 19.9 Å². The molecule has 5 rings (SSSR count). The maximum absolute atomic E-state index is 12.0. The van der Waals surface area contributed by atoms with Gasteiger partial charge in [-0.05, 0) is 58.6 Å². The number of alkyl carbamates (subject to hydrolysis) is 1. The predicted molar refractivity (Wildman–Crippen MR) is 150 cm³/mol. The highest BCUT2D eigenvalue weighted by Crippen LogP contribution is 2.43. The molecule has 4 atom stereocenters. The lowest BCUT2D eigenvalue weighted by Gasteiger charge is -2.43. The molecule has 3 aliphatic rings. The number of benzene rings is 2. The van der Waals surface area contributed by atoms with E-state index in [9.17, 15) is 9.90 Å².